The van der Waals surface area contributed by atoms with Gasteiger partial charge < -0.3 is 8.83 Å². The van der Waals surface area contributed by atoms with Crippen molar-refractivity contribution in [3.05, 3.63) is 447 Å². The van der Waals surface area contributed by atoms with Crippen molar-refractivity contribution in [2.45, 2.75) is 85.5 Å². The standard InChI is InChI=1S/C54H50O.C42H26O.C37H24S/c1-52(2,3)37-20-14-33(15-21-37)44-31-45(34-16-22-38(23-17-34)53(4,5)6)41-28-29-43-47(49-30-36-12-10-11-13-48(36)55-49)32-46(42-27-26-40(44)50(41)51(42)43)35-18-24-39(25-19-35)54(7,8)9;1-4-12-27(13-5-1)35-25-36(28-14-6-2-7-15-28)32-22-23-34-38(40-24-30-18-10-11-19-39(30)43-40)26-37(29-16-8-3-9-17-29)33-21-20-31(35)41(32)42(33)34;1-23-11-13-25(14-12-23)30-17-18-32-33(35-22-26-9-5-6-10-34(26)38-35)21-29-20-28(24-7-3-2-4-8-24)19-27-15-16-31(30)37(32)36(27)29/h10-32H,1-9H3;1-26H;2-22H,1H3. The molecule has 0 saturated carbocycles. The quantitative estimate of drug-likeness (QED) is 0.121. The number of hydrogen-bond donors (Lipinski definition) is 0. The molecule has 650 valence electrons. The van der Waals surface area contributed by atoms with Gasteiger partial charge in [-0.1, -0.05) is 414 Å². The van der Waals surface area contributed by atoms with Gasteiger partial charge in [-0.2, -0.15) is 0 Å². The summed E-state index contributed by atoms with van der Waals surface area (Å²) in [6, 6.07) is 156. The predicted molar refractivity (Wildman–Crippen MR) is 586 cm³/mol. The van der Waals surface area contributed by atoms with Crippen LogP contribution in [0.1, 0.15) is 84.6 Å². The molecule has 0 saturated heterocycles. The highest BCUT2D eigenvalue weighted by molar-refractivity contribution is 7.22. The molecule has 0 radical (unpaired) electrons. The van der Waals surface area contributed by atoms with Gasteiger partial charge in [-0.3, -0.25) is 0 Å². The van der Waals surface area contributed by atoms with Gasteiger partial charge in [0.25, 0.3) is 0 Å². The van der Waals surface area contributed by atoms with Crippen molar-refractivity contribution in [1.29, 1.82) is 0 Å². The van der Waals surface area contributed by atoms with E-state index < -0.39 is 0 Å². The number of para-hydroxylation sites is 2. The van der Waals surface area contributed by atoms with Crippen LogP contribution < -0.4 is 0 Å². The topological polar surface area (TPSA) is 26.3 Å². The number of fused-ring (bicyclic) bond motifs is 3. The molecular formula is C133H100O2S. The molecule has 3 aromatic heterocycles. The molecule has 0 N–H and O–H groups in total. The van der Waals surface area contributed by atoms with Gasteiger partial charge in [-0.15, -0.1) is 11.3 Å². The third-order valence-electron chi connectivity index (χ3n) is 28.5. The zero-order valence-electron chi connectivity index (χ0n) is 78.1. The lowest BCUT2D eigenvalue weighted by atomic mass is 9.81. The van der Waals surface area contributed by atoms with Crippen LogP contribution in [-0.2, 0) is 16.2 Å². The average molecular weight is 1760 g/mol. The highest BCUT2D eigenvalue weighted by atomic mass is 32.1. The molecule has 0 unspecified atom stereocenters. The second-order valence-electron chi connectivity index (χ2n) is 40.2. The van der Waals surface area contributed by atoms with Gasteiger partial charge in [0.1, 0.15) is 22.7 Å². The van der Waals surface area contributed by atoms with E-state index in [0.717, 1.165) is 44.6 Å². The molecule has 0 fully saturated rings. The zero-order chi connectivity index (χ0) is 92.0. The Labute approximate surface area is 797 Å². The van der Waals surface area contributed by atoms with E-state index in [4.69, 9.17) is 8.83 Å². The third kappa shape index (κ3) is 14.6. The monoisotopic (exact) mass is 1760 g/mol. The smallest absolute Gasteiger partial charge is 0.136 e. The van der Waals surface area contributed by atoms with Crippen LogP contribution in [0, 0.1) is 6.92 Å². The fourth-order valence-corrected chi connectivity index (χ4v) is 22.5. The average Bonchev–Trinajstić information content (AvgIpc) is 0.906. The molecule has 3 heterocycles. The first-order chi connectivity index (χ1) is 66.2. The molecule has 26 aromatic rings. The molecule has 23 aromatic carbocycles. The van der Waals surface area contributed by atoms with Crippen molar-refractivity contribution in [1.82, 2.24) is 0 Å². The summed E-state index contributed by atoms with van der Waals surface area (Å²) >= 11 is 1.89. The van der Waals surface area contributed by atoms with Crippen LogP contribution in [0.5, 0.6) is 0 Å². The van der Waals surface area contributed by atoms with E-state index in [9.17, 15) is 0 Å². The van der Waals surface area contributed by atoms with Crippen LogP contribution in [0.3, 0.4) is 0 Å². The minimum absolute atomic E-state index is 0.0730. The van der Waals surface area contributed by atoms with Gasteiger partial charge in [0.2, 0.25) is 0 Å². The first kappa shape index (κ1) is 83.3. The summed E-state index contributed by atoms with van der Waals surface area (Å²) in [6.07, 6.45) is 0. The molecule has 0 atom stereocenters. The lowest BCUT2D eigenvalue weighted by Crippen LogP contribution is -2.10. The highest BCUT2D eigenvalue weighted by Gasteiger charge is 2.28. The van der Waals surface area contributed by atoms with Gasteiger partial charge in [0.05, 0.1) is 0 Å². The molecule has 26 rings (SSSR count). The maximum absolute atomic E-state index is 6.66. The number of benzene rings is 23. The van der Waals surface area contributed by atoms with Gasteiger partial charge >= 0.3 is 0 Å². The molecule has 0 aliphatic rings. The SMILES string of the molecule is CC(C)(C)c1ccc(-c2cc(-c3ccc(C(C)(C)C)cc3)c3ccc4c(-c5cc6ccccc6o5)cc(-c5ccc(C(C)(C)C)cc5)c5ccc2c3c54)cc1.Cc1ccc(-c2ccc3c(-c4cc5ccccc5s4)cc4cc(-c5ccccc5)cc5ccc2c3c54)cc1.c1ccc(-c2cc(-c3ccccc3)c3ccc4c(-c5cc6ccccc6o5)cc(-c5ccccc5)c5ccc2c3c54)cc1. The molecular weight excluding hydrogens is 1660 g/mol. The first-order valence-electron chi connectivity index (χ1n) is 47.6. The normalized spacial score (nSPS) is 12.2. The Morgan fingerprint density at radius 3 is 0.868 bits per heavy atom. The number of furan rings is 2. The Kier molecular flexibility index (Phi) is 20.1. The highest BCUT2D eigenvalue weighted by Crippen LogP contribution is 2.54. The number of thiophene rings is 1. The van der Waals surface area contributed by atoms with Gasteiger partial charge in [0.15, 0.2) is 0 Å². The number of aryl methyl sites for hydroxylation is 1. The Hall–Kier alpha value is -15.8. The molecule has 0 aliphatic carbocycles. The Morgan fingerprint density at radius 2 is 0.478 bits per heavy atom. The van der Waals surface area contributed by atoms with Gasteiger partial charge in [-0.05, 0) is 310 Å². The first-order valence-corrected chi connectivity index (χ1v) is 48.4. The van der Waals surface area contributed by atoms with Crippen LogP contribution in [0.4, 0.5) is 0 Å². The molecule has 0 bridgehead atoms. The third-order valence-corrected chi connectivity index (χ3v) is 29.6. The van der Waals surface area contributed by atoms with Crippen LogP contribution >= 0.6 is 11.3 Å². The van der Waals surface area contributed by atoms with Crippen molar-refractivity contribution >= 4 is 140 Å². The fraction of sp³-hybridized carbons (Fsp3) is 0.0977. The summed E-state index contributed by atoms with van der Waals surface area (Å²) in [7, 11) is 0. The van der Waals surface area contributed by atoms with E-state index in [0.29, 0.717) is 0 Å². The maximum atomic E-state index is 6.66. The van der Waals surface area contributed by atoms with Crippen LogP contribution in [-0.4, -0.2) is 0 Å². The minimum Gasteiger partial charge on any atom is -0.456 e. The van der Waals surface area contributed by atoms with E-state index in [2.05, 4.69) is 476 Å². The number of rotatable bonds is 11. The van der Waals surface area contributed by atoms with Gasteiger partial charge in [-0.25, -0.2) is 0 Å². The van der Waals surface area contributed by atoms with Gasteiger partial charge in [0, 0.05) is 37.0 Å². The van der Waals surface area contributed by atoms with E-state index in [1.165, 1.54) is 229 Å². The van der Waals surface area contributed by atoms with E-state index in [-0.39, 0.29) is 16.2 Å². The Balaban J connectivity index is 0.000000114. The summed E-state index contributed by atoms with van der Waals surface area (Å²) in [5.74, 6) is 1.78. The second-order valence-corrected chi connectivity index (χ2v) is 41.2. The molecule has 3 heteroatoms. The van der Waals surface area contributed by atoms with Crippen LogP contribution in [0.15, 0.2) is 433 Å². The fourth-order valence-electron chi connectivity index (χ4n) is 21.4. The second kappa shape index (κ2) is 32.8. The van der Waals surface area contributed by atoms with Crippen molar-refractivity contribution in [3.8, 4) is 122 Å². The minimum atomic E-state index is 0.0730. The summed E-state index contributed by atoms with van der Waals surface area (Å²) in [5, 5.41) is 26.6. The van der Waals surface area contributed by atoms with Crippen molar-refractivity contribution in [2.24, 2.45) is 0 Å². The summed E-state index contributed by atoms with van der Waals surface area (Å²) in [6.45, 7) is 22.7. The Morgan fingerprint density at radius 1 is 0.184 bits per heavy atom. The lowest BCUT2D eigenvalue weighted by molar-refractivity contribution is 0.590. The molecule has 0 spiro atoms. The molecule has 0 aliphatic heterocycles. The summed E-state index contributed by atoms with van der Waals surface area (Å²) in [4.78, 5) is 1.32. The lowest BCUT2D eigenvalue weighted by Gasteiger charge is -2.23. The maximum Gasteiger partial charge on any atom is 0.136 e. The molecule has 2 nitrogen and oxygen atoms in total. The van der Waals surface area contributed by atoms with E-state index in [1.54, 1.807) is 0 Å². The largest absolute Gasteiger partial charge is 0.456 e. The zero-order valence-corrected chi connectivity index (χ0v) is 79.0. The van der Waals surface area contributed by atoms with Crippen molar-refractivity contribution in [2.75, 3.05) is 0 Å². The van der Waals surface area contributed by atoms with Crippen molar-refractivity contribution in [3.63, 3.8) is 0 Å². The Bertz CT molecular complexity index is 8830. The predicted octanol–water partition coefficient (Wildman–Crippen LogP) is 39.0. The molecule has 0 amide bonds. The van der Waals surface area contributed by atoms with Crippen LogP contribution in [0.2, 0.25) is 0 Å². The summed E-state index contributed by atoms with van der Waals surface area (Å²) < 4.78 is 14.5. The van der Waals surface area contributed by atoms with E-state index >= 15 is 0 Å². The number of hydrogen-bond acceptors (Lipinski definition) is 3. The molecule has 136 heavy (non-hydrogen) atoms. The van der Waals surface area contributed by atoms with Crippen LogP contribution in [0.25, 0.3) is 251 Å². The van der Waals surface area contributed by atoms with E-state index in [1.807, 2.05) is 29.5 Å². The summed E-state index contributed by atoms with van der Waals surface area (Å²) in [5.41, 5.74) is 30.7. The van der Waals surface area contributed by atoms with Crippen molar-refractivity contribution < 1.29 is 8.83 Å².